The maximum Gasteiger partial charge on any atom is 0.150 e. The van der Waals surface area contributed by atoms with Crippen LogP contribution in [0.4, 0.5) is 0 Å². The lowest BCUT2D eigenvalue weighted by Crippen LogP contribution is -1.86. The Balaban J connectivity index is 2.44. The summed E-state index contributed by atoms with van der Waals surface area (Å²) in [5, 5.41) is 0. The SMILES string of the molecule is CCCCCc1ccc(C=O)cc1. The number of hydrogen-bond donors (Lipinski definition) is 0. The zero-order valence-corrected chi connectivity index (χ0v) is 8.12. The third-order valence-corrected chi connectivity index (χ3v) is 2.18. The Hall–Kier alpha value is -1.11. The highest BCUT2D eigenvalue weighted by Crippen LogP contribution is 2.07. The molecule has 13 heavy (non-hydrogen) atoms. The van der Waals surface area contributed by atoms with E-state index in [-0.39, 0.29) is 0 Å². The van der Waals surface area contributed by atoms with E-state index in [0.29, 0.717) is 0 Å². The molecule has 1 rings (SSSR count). The molecule has 0 amide bonds. The van der Waals surface area contributed by atoms with Crippen molar-refractivity contribution in [2.45, 2.75) is 32.6 Å². The first-order chi connectivity index (χ1) is 6.36. The molecule has 0 saturated heterocycles. The fourth-order valence-corrected chi connectivity index (χ4v) is 1.34. The van der Waals surface area contributed by atoms with Gasteiger partial charge >= 0.3 is 0 Å². The zero-order valence-electron chi connectivity index (χ0n) is 8.12. The highest BCUT2D eigenvalue weighted by atomic mass is 16.1. The maximum absolute atomic E-state index is 10.4. The van der Waals surface area contributed by atoms with Gasteiger partial charge in [-0.2, -0.15) is 0 Å². The average Bonchev–Trinajstić information content (AvgIpc) is 2.19. The van der Waals surface area contributed by atoms with E-state index in [1.165, 1.54) is 24.8 Å². The number of aldehydes is 1. The minimum Gasteiger partial charge on any atom is -0.298 e. The minimum atomic E-state index is 0.763. The molecule has 0 saturated carbocycles. The Bertz CT molecular complexity index is 248. The van der Waals surface area contributed by atoms with Crippen molar-refractivity contribution in [1.29, 1.82) is 0 Å². The molecular weight excluding hydrogens is 160 g/mol. The van der Waals surface area contributed by atoms with Gasteiger partial charge in [-0.1, -0.05) is 44.0 Å². The maximum atomic E-state index is 10.4. The Kier molecular flexibility index (Phi) is 4.24. The summed E-state index contributed by atoms with van der Waals surface area (Å²) in [6, 6.07) is 7.85. The standard InChI is InChI=1S/C12H16O/c1-2-3-4-5-11-6-8-12(10-13)9-7-11/h6-10H,2-5H2,1H3. The summed E-state index contributed by atoms with van der Waals surface area (Å²) in [6.07, 6.45) is 5.81. The first-order valence-corrected chi connectivity index (χ1v) is 4.91. The second-order valence-corrected chi connectivity index (χ2v) is 3.32. The first kappa shape index (κ1) is 9.97. The van der Waals surface area contributed by atoms with Crippen molar-refractivity contribution in [2.24, 2.45) is 0 Å². The molecule has 0 aromatic heterocycles. The van der Waals surface area contributed by atoms with Gasteiger partial charge in [0.25, 0.3) is 0 Å². The molecule has 1 aromatic rings. The van der Waals surface area contributed by atoms with E-state index >= 15 is 0 Å². The van der Waals surface area contributed by atoms with E-state index in [0.717, 1.165) is 18.3 Å². The third kappa shape index (κ3) is 3.41. The molecule has 0 aliphatic heterocycles. The molecule has 0 spiro atoms. The Morgan fingerprint density at radius 2 is 1.85 bits per heavy atom. The van der Waals surface area contributed by atoms with Crippen LogP contribution in [0.15, 0.2) is 24.3 Å². The van der Waals surface area contributed by atoms with E-state index < -0.39 is 0 Å². The van der Waals surface area contributed by atoms with Crippen LogP contribution in [0.2, 0.25) is 0 Å². The van der Waals surface area contributed by atoms with E-state index in [9.17, 15) is 4.79 Å². The minimum absolute atomic E-state index is 0.763. The molecule has 0 atom stereocenters. The Morgan fingerprint density at radius 3 is 2.38 bits per heavy atom. The van der Waals surface area contributed by atoms with Crippen molar-refractivity contribution in [2.75, 3.05) is 0 Å². The van der Waals surface area contributed by atoms with Gasteiger partial charge in [0.15, 0.2) is 0 Å². The van der Waals surface area contributed by atoms with Gasteiger partial charge in [-0.05, 0) is 18.4 Å². The van der Waals surface area contributed by atoms with Gasteiger partial charge in [0.1, 0.15) is 6.29 Å². The van der Waals surface area contributed by atoms with Crippen LogP contribution in [0.1, 0.15) is 42.1 Å². The van der Waals surface area contributed by atoms with Gasteiger partial charge in [0.05, 0.1) is 0 Å². The van der Waals surface area contributed by atoms with Gasteiger partial charge in [-0.25, -0.2) is 0 Å². The predicted molar refractivity (Wildman–Crippen MR) is 55.1 cm³/mol. The normalized spacial score (nSPS) is 9.92. The highest BCUT2D eigenvalue weighted by molar-refractivity contribution is 5.74. The molecule has 0 heterocycles. The van der Waals surface area contributed by atoms with Crippen LogP contribution in [0.3, 0.4) is 0 Å². The number of benzene rings is 1. The molecule has 1 aromatic carbocycles. The molecule has 0 radical (unpaired) electrons. The predicted octanol–water partition coefficient (Wildman–Crippen LogP) is 3.23. The second-order valence-electron chi connectivity index (χ2n) is 3.32. The van der Waals surface area contributed by atoms with Crippen LogP contribution in [-0.2, 0) is 6.42 Å². The summed E-state index contributed by atoms with van der Waals surface area (Å²) >= 11 is 0. The average molecular weight is 176 g/mol. The van der Waals surface area contributed by atoms with Gasteiger partial charge in [0.2, 0.25) is 0 Å². The lowest BCUT2D eigenvalue weighted by atomic mass is 10.1. The zero-order chi connectivity index (χ0) is 9.52. The van der Waals surface area contributed by atoms with Crippen molar-refractivity contribution in [1.82, 2.24) is 0 Å². The fraction of sp³-hybridized carbons (Fsp3) is 0.417. The van der Waals surface area contributed by atoms with Gasteiger partial charge in [0, 0.05) is 5.56 Å². The summed E-state index contributed by atoms with van der Waals surface area (Å²) in [5.41, 5.74) is 2.10. The summed E-state index contributed by atoms with van der Waals surface area (Å²) in [7, 11) is 0. The van der Waals surface area contributed by atoms with Gasteiger partial charge in [-0.3, -0.25) is 4.79 Å². The number of carbonyl (C=O) groups excluding carboxylic acids is 1. The third-order valence-electron chi connectivity index (χ3n) is 2.18. The lowest BCUT2D eigenvalue weighted by Gasteiger charge is -1.99. The topological polar surface area (TPSA) is 17.1 Å². The van der Waals surface area contributed by atoms with Crippen molar-refractivity contribution < 1.29 is 4.79 Å². The summed E-state index contributed by atoms with van der Waals surface area (Å²) in [4.78, 5) is 10.4. The largest absolute Gasteiger partial charge is 0.298 e. The summed E-state index contributed by atoms with van der Waals surface area (Å²) < 4.78 is 0. The van der Waals surface area contributed by atoms with Crippen molar-refractivity contribution >= 4 is 6.29 Å². The van der Waals surface area contributed by atoms with E-state index in [1.807, 2.05) is 24.3 Å². The van der Waals surface area contributed by atoms with Crippen molar-refractivity contribution in [3.63, 3.8) is 0 Å². The molecule has 1 heteroatoms. The van der Waals surface area contributed by atoms with E-state index in [1.54, 1.807) is 0 Å². The molecule has 0 unspecified atom stereocenters. The number of hydrogen-bond acceptors (Lipinski definition) is 1. The van der Waals surface area contributed by atoms with E-state index in [4.69, 9.17) is 0 Å². The fourth-order valence-electron chi connectivity index (χ4n) is 1.34. The highest BCUT2D eigenvalue weighted by Gasteiger charge is 1.93. The smallest absolute Gasteiger partial charge is 0.150 e. The number of unbranched alkanes of at least 4 members (excludes halogenated alkanes) is 2. The van der Waals surface area contributed by atoms with Crippen molar-refractivity contribution in [3.05, 3.63) is 35.4 Å². The van der Waals surface area contributed by atoms with Gasteiger partial charge in [-0.15, -0.1) is 0 Å². The Labute approximate surface area is 79.8 Å². The quantitative estimate of drug-likeness (QED) is 0.497. The summed E-state index contributed by atoms with van der Waals surface area (Å²) in [5.74, 6) is 0. The van der Waals surface area contributed by atoms with Crippen LogP contribution < -0.4 is 0 Å². The number of aryl methyl sites for hydroxylation is 1. The van der Waals surface area contributed by atoms with Crippen LogP contribution >= 0.6 is 0 Å². The molecule has 1 nitrogen and oxygen atoms in total. The molecule has 0 N–H and O–H groups in total. The van der Waals surface area contributed by atoms with E-state index in [2.05, 4.69) is 6.92 Å². The first-order valence-electron chi connectivity index (χ1n) is 4.91. The molecule has 0 fully saturated rings. The molecule has 0 aliphatic rings. The number of rotatable bonds is 5. The molecule has 0 bridgehead atoms. The Morgan fingerprint density at radius 1 is 1.15 bits per heavy atom. The molecule has 70 valence electrons. The summed E-state index contributed by atoms with van der Waals surface area (Å²) in [6.45, 7) is 2.20. The van der Waals surface area contributed by atoms with Crippen LogP contribution in [0.25, 0.3) is 0 Å². The molecular formula is C12H16O. The van der Waals surface area contributed by atoms with Crippen LogP contribution in [0.5, 0.6) is 0 Å². The monoisotopic (exact) mass is 176 g/mol. The van der Waals surface area contributed by atoms with Crippen molar-refractivity contribution in [3.8, 4) is 0 Å². The van der Waals surface area contributed by atoms with Crippen LogP contribution in [-0.4, -0.2) is 6.29 Å². The van der Waals surface area contributed by atoms with Crippen LogP contribution in [0, 0.1) is 0 Å². The van der Waals surface area contributed by atoms with Gasteiger partial charge < -0.3 is 0 Å². The lowest BCUT2D eigenvalue weighted by molar-refractivity contribution is 0.112. The second kappa shape index (κ2) is 5.52. The molecule has 0 aliphatic carbocycles. The number of carbonyl (C=O) groups is 1.